The van der Waals surface area contributed by atoms with Gasteiger partial charge in [-0.05, 0) is 80.8 Å². The van der Waals surface area contributed by atoms with Crippen LogP contribution < -0.4 is 10.3 Å². The molecule has 1 aromatic heterocycles. The lowest BCUT2D eigenvalue weighted by Crippen LogP contribution is -2.56. The fraction of sp³-hybridized carbons (Fsp3) is 0.600. The Morgan fingerprint density at radius 3 is 2.72 bits per heavy atom. The Morgan fingerprint density at radius 1 is 1.06 bits per heavy atom. The number of aryl methyl sites for hydroxylation is 1. The summed E-state index contributed by atoms with van der Waals surface area (Å²) in [5.41, 5.74) is 3.84. The predicted octanol–water partition coefficient (Wildman–Crippen LogP) is 4.21. The van der Waals surface area contributed by atoms with Crippen molar-refractivity contribution < 1.29 is 9.78 Å². The SMILES string of the molecule is O=C([C@@H]1CNC[C@]12CCCc1[nH+]c(Cl)ccc12)N1CC[C@@H](c2ccccc2)C[C@H]1CN1CCCCC1. The summed E-state index contributed by atoms with van der Waals surface area (Å²) in [7, 11) is 0. The second kappa shape index (κ2) is 10.4. The van der Waals surface area contributed by atoms with E-state index in [9.17, 15) is 4.79 Å². The minimum Gasteiger partial charge on any atom is -0.338 e. The first-order valence-corrected chi connectivity index (χ1v) is 14.5. The number of rotatable bonds is 4. The Hall–Kier alpha value is -1.95. The number of aromatic amines is 1. The number of aromatic nitrogens is 1. The lowest BCUT2D eigenvalue weighted by molar-refractivity contribution is -0.390. The Balaban J connectivity index is 1.28. The van der Waals surface area contributed by atoms with E-state index in [-0.39, 0.29) is 17.4 Å². The lowest BCUT2D eigenvalue weighted by Gasteiger charge is -2.46. The fourth-order valence-corrected chi connectivity index (χ4v) is 7.88. The third kappa shape index (κ3) is 4.59. The number of halogens is 1. The molecule has 3 aliphatic heterocycles. The molecule has 1 aliphatic carbocycles. The Morgan fingerprint density at radius 2 is 1.89 bits per heavy atom. The third-order valence-corrected chi connectivity index (χ3v) is 9.74. The summed E-state index contributed by atoms with van der Waals surface area (Å²) in [6.07, 6.45) is 9.21. The van der Waals surface area contributed by atoms with Crippen LogP contribution in [-0.4, -0.2) is 61.0 Å². The molecule has 2 N–H and O–H groups in total. The van der Waals surface area contributed by atoms with E-state index in [0.717, 1.165) is 58.3 Å². The molecular formula is C30H40ClN4O+. The number of carbonyl (C=O) groups excluding carboxylic acids is 1. The van der Waals surface area contributed by atoms with Crippen LogP contribution in [-0.2, 0) is 16.6 Å². The van der Waals surface area contributed by atoms with Gasteiger partial charge in [-0.15, -0.1) is 0 Å². The van der Waals surface area contributed by atoms with Gasteiger partial charge in [-0.3, -0.25) is 4.79 Å². The van der Waals surface area contributed by atoms with E-state index in [0.29, 0.717) is 17.0 Å². The summed E-state index contributed by atoms with van der Waals surface area (Å²) in [6.45, 7) is 5.88. The van der Waals surface area contributed by atoms with Gasteiger partial charge >= 0.3 is 0 Å². The van der Waals surface area contributed by atoms with Gasteiger partial charge in [-0.1, -0.05) is 36.8 Å². The van der Waals surface area contributed by atoms with Crippen molar-refractivity contribution in [3.63, 3.8) is 0 Å². The third-order valence-electron chi connectivity index (χ3n) is 9.52. The van der Waals surface area contributed by atoms with E-state index in [1.165, 1.54) is 49.2 Å². The van der Waals surface area contributed by atoms with Gasteiger partial charge in [0.25, 0.3) is 5.15 Å². The Labute approximate surface area is 220 Å². The number of piperidine rings is 2. The van der Waals surface area contributed by atoms with Crippen molar-refractivity contribution in [1.29, 1.82) is 0 Å². The van der Waals surface area contributed by atoms with Crippen LogP contribution in [0.1, 0.15) is 67.7 Å². The first kappa shape index (κ1) is 24.4. The number of nitrogens with one attached hydrogen (secondary N) is 2. The molecular weight excluding hydrogens is 468 g/mol. The van der Waals surface area contributed by atoms with Crippen LogP contribution in [0.5, 0.6) is 0 Å². The molecule has 3 fully saturated rings. The summed E-state index contributed by atoms with van der Waals surface area (Å²) < 4.78 is 0. The van der Waals surface area contributed by atoms with E-state index in [2.05, 4.69) is 56.5 Å². The molecule has 2 aromatic rings. The molecule has 4 atom stereocenters. The second-order valence-corrected chi connectivity index (χ2v) is 12.0. The van der Waals surface area contributed by atoms with E-state index in [1.807, 2.05) is 6.07 Å². The molecule has 0 saturated carbocycles. The van der Waals surface area contributed by atoms with E-state index >= 15 is 0 Å². The molecule has 192 valence electrons. The molecule has 6 rings (SSSR count). The Bertz CT molecular complexity index is 1070. The van der Waals surface area contributed by atoms with Crippen molar-refractivity contribution in [1.82, 2.24) is 15.1 Å². The van der Waals surface area contributed by atoms with E-state index in [1.54, 1.807) is 0 Å². The van der Waals surface area contributed by atoms with E-state index in [4.69, 9.17) is 11.6 Å². The summed E-state index contributed by atoms with van der Waals surface area (Å²) in [5.74, 6) is 0.896. The van der Waals surface area contributed by atoms with Crippen LogP contribution in [0.3, 0.4) is 0 Å². The highest BCUT2D eigenvalue weighted by atomic mass is 35.5. The van der Waals surface area contributed by atoms with Crippen LogP contribution in [0.25, 0.3) is 0 Å². The van der Waals surface area contributed by atoms with Gasteiger partial charge in [0, 0.05) is 55.7 Å². The van der Waals surface area contributed by atoms with Crippen LogP contribution in [0.2, 0.25) is 5.15 Å². The number of amides is 1. The van der Waals surface area contributed by atoms with E-state index < -0.39 is 0 Å². The number of carbonyl (C=O) groups is 1. The second-order valence-electron chi connectivity index (χ2n) is 11.6. The quantitative estimate of drug-likeness (QED) is 0.631. The summed E-state index contributed by atoms with van der Waals surface area (Å²) in [4.78, 5) is 22.8. The number of fused-ring (bicyclic) bond motifs is 2. The first-order valence-electron chi connectivity index (χ1n) is 14.1. The van der Waals surface area contributed by atoms with Crippen molar-refractivity contribution in [3.8, 4) is 0 Å². The first-order chi connectivity index (χ1) is 17.6. The molecule has 3 saturated heterocycles. The molecule has 36 heavy (non-hydrogen) atoms. The van der Waals surface area contributed by atoms with Gasteiger partial charge < -0.3 is 15.1 Å². The van der Waals surface area contributed by atoms with Crippen molar-refractivity contribution in [3.05, 3.63) is 64.4 Å². The Kier molecular flexibility index (Phi) is 7.07. The molecule has 4 heterocycles. The van der Waals surface area contributed by atoms with Crippen molar-refractivity contribution in [2.75, 3.05) is 39.3 Å². The van der Waals surface area contributed by atoms with Gasteiger partial charge in [0.05, 0.1) is 5.92 Å². The van der Waals surface area contributed by atoms with Crippen molar-refractivity contribution in [2.45, 2.75) is 68.7 Å². The van der Waals surface area contributed by atoms with Gasteiger partial charge in [0.15, 0.2) is 5.69 Å². The standard InChI is InChI=1S/C30H39ClN4O/c31-28-12-11-25-27(33-28)10-7-14-30(25)21-32-19-26(30)29(36)35-17-13-23(22-8-3-1-4-9-22)18-24(35)20-34-15-5-2-6-16-34/h1,3-4,8-9,11-12,23-24,26,32H,2,5-7,10,13-21H2/p+1/t23-,24+,26+,30+/m1/s1. The molecule has 1 spiro atoms. The number of hydrogen-bond acceptors (Lipinski definition) is 3. The number of H-pyrrole nitrogens is 1. The highest BCUT2D eigenvalue weighted by Gasteiger charge is 2.53. The van der Waals surface area contributed by atoms with Crippen molar-refractivity contribution >= 4 is 17.5 Å². The van der Waals surface area contributed by atoms with Crippen LogP contribution >= 0.6 is 11.6 Å². The smallest absolute Gasteiger partial charge is 0.273 e. The average molecular weight is 508 g/mol. The number of likely N-dealkylation sites (tertiary alicyclic amines) is 2. The van der Waals surface area contributed by atoms with Crippen LogP contribution in [0, 0.1) is 5.92 Å². The molecule has 1 aromatic carbocycles. The zero-order valence-corrected chi connectivity index (χ0v) is 22.1. The fourth-order valence-electron chi connectivity index (χ4n) is 7.70. The van der Waals surface area contributed by atoms with Crippen LogP contribution in [0.4, 0.5) is 0 Å². The van der Waals surface area contributed by atoms with Gasteiger partial charge in [0.2, 0.25) is 5.91 Å². The van der Waals surface area contributed by atoms with Crippen molar-refractivity contribution in [2.24, 2.45) is 5.92 Å². The van der Waals surface area contributed by atoms with Gasteiger partial charge in [-0.2, -0.15) is 4.98 Å². The summed E-state index contributed by atoms with van der Waals surface area (Å²) in [6, 6.07) is 15.4. The monoisotopic (exact) mass is 507 g/mol. The van der Waals surface area contributed by atoms with Gasteiger partial charge in [-0.25, -0.2) is 0 Å². The summed E-state index contributed by atoms with van der Waals surface area (Å²) in [5, 5.41) is 4.32. The topological polar surface area (TPSA) is 49.7 Å². The number of hydrogen-bond donors (Lipinski definition) is 1. The maximum absolute atomic E-state index is 14.5. The lowest BCUT2D eigenvalue weighted by atomic mass is 9.65. The highest BCUT2D eigenvalue weighted by molar-refractivity contribution is 6.28. The minimum absolute atomic E-state index is 0.0109. The number of nitrogens with zero attached hydrogens (tertiary/aromatic N) is 2. The maximum Gasteiger partial charge on any atom is 0.273 e. The molecule has 0 bridgehead atoms. The number of benzene rings is 1. The van der Waals surface area contributed by atoms with Gasteiger partial charge in [0.1, 0.15) is 0 Å². The van der Waals surface area contributed by atoms with Crippen LogP contribution in [0.15, 0.2) is 42.5 Å². The molecule has 5 nitrogen and oxygen atoms in total. The highest BCUT2D eigenvalue weighted by Crippen LogP contribution is 2.46. The zero-order valence-electron chi connectivity index (χ0n) is 21.4. The average Bonchev–Trinajstić information content (AvgIpc) is 3.33. The largest absolute Gasteiger partial charge is 0.338 e. The normalized spacial score (nSPS) is 30.9. The molecule has 0 unspecified atom stereocenters. The predicted molar refractivity (Wildman–Crippen MR) is 143 cm³/mol. The molecule has 4 aliphatic rings. The summed E-state index contributed by atoms with van der Waals surface area (Å²) >= 11 is 6.32. The molecule has 6 heteroatoms. The zero-order chi connectivity index (χ0) is 24.5. The number of pyridine rings is 1. The maximum atomic E-state index is 14.5. The molecule has 1 amide bonds. The molecule has 0 radical (unpaired) electrons. The minimum atomic E-state index is -0.127.